The average molecular weight is 176 g/mol. The standard InChI is InChI=1S/C6H3F3N2O/c7-6(8,9)5(12)4-2-1-3-10-11-4/h1-3H. The van der Waals surface area contributed by atoms with E-state index in [1.807, 2.05) is 0 Å². The normalized spacial score (nSPS) is 11.2. The second kappa shape index (κ2) is 2.88. The van der Waals surface area contributed by atoms with E-state index in [0.717, 1.165) is 6.07 Å². The molecule has 0 aliphatic rings. The highest BCUT2D eigenvalue weighted by Crippen LogP contribution is 2.19. The monoisotopic (exact) mass is 176 g/mol. The van der Waals surface area contributed by atoms with E-state index in [1.54, 1.807) is 0 Å². The number of hydrogen-bond acceptors (Lipinski definition) is 3. The number of rotatable bonds is 1. The second-order valence-corrected chi connectivity index (χ2v) is 1.94. The van der Waals surface area contributed by atoms with Gasteiger partial charge in [0.05, 0.1) is 0 Å². The summed E-state index contributed by atoms with van der Waals surface area (Å²) in [6.07, 6.45) is -3.69. The van der Waals surface area contributed by atoms with Crippen LogP contribution in [0.2, 0.25) is 0 Å². The number of carbonyl (C=O) groups is 1. The van der Waals surface area contributed by atoms with Crippen LogP contribution < -0.4 is 0 Å². The summed E-state index contributed by atoms with van der Waals surface area (Å²) in [5, 5.41) is 6.17. The van der Waals surface area contributed by atoms with Crippen LogP contribution in [0.4, 0.5) is 13.2 Å². The fourth-order valence-corrected chi connectivity index (χ4v) is 0.568. The Labute approximate surface area is 65.2 Å². The lowest BCUT2D eigenvalue weighted by Crippen LogP contribution is -2.23. The fourth-order valence-electron chi connectivity index (χ4n) is 0.568. The Morgan fingerprint density at radius 1 is 1.42 bits per heavy atom. The summed E-state index contributed by atoms with van der Waals surface area (Å²) < 4.78 is 35.2. The molecule has 0 N–H and O–H groups in total. The first-order valence-electron chi connectivity index (χ1n) is 2.91. The molecule has 1 rings (SSSR count). The summed E-state index contributed by atoms with van der Waals surface area (Å²) >= 11 is 0. The summed E-state index contributed by atoms with van der Waals surface area (Å²) in [4.78, 5) is 10.4. The molecule has 0 aliphatic carbocycles. The molecule has 0 bridgehead atoms. The molecule has 0 radical (unpaired) electrons. The third kappa shape index (κ3) is 1.77. The van der Waals surface area contributed by atoms with Gasteiger partial charge in [0.1, 0.15) is 5.69 Å². The highest BCUT2D eigenvalue weighted by molar-refractivity contribution is 5.98. The molecule has 0 amide bonds. The van der Waals surface area contributed by atoms with Gasteiger partial charge < -0.3 is 0 Å². The molecule has 0 aliphatic heterocycles. The van der Waals surface area contributed by atoms with Crippen molar-refractivity contribution >= 4 is 5.78 Å². The van der Waals surface area contributed by atoms with Crippen molar-refractivity contribution in [3.63, 3.8) is 0 Å². The van der Waals surface area contributed by atoms with E-state index in [0.29, 0.717) is 0 Å². The number of Topliss-reactive ketones (excluding diaryl/α,β-unsaturated/α-hetero) is 1. The molecule has 1 aromatic heterocycles. The van der Waals surface area contributed by atoms with Crippen molar-refractivity contribution in [2.75, 3.05) is 0 Å². The molecule has 0 spiro atoms. The van der Waals surface area contributed by atoms with Gasteiger partial charge in [0.15, 0.2) is 0 Å². The molecule has 0 atom stereocenters. The number of halogens is 3. The van der Waals surface area contributed by atoms with Crippen molar-refractivity contribution in [3.05, 3.63) is 24.0 Å². The van der Waals surface area contributed by atoms with Crippen molar-refractivity contribution in [1.82, 2.24) is 10.2 Å². The lowest BCUT2D eigenvalue weighted by molar-refractivity contribution is -0.0888. The maximum Gasteiger partial charge on any atom is 0.456 e. The zero-order valence-electron chi connectivity index (χ0n) is 5.67. The van der Waals surface area contributed by atoms with Gasteiger partial charge >= 0.3 is 6.18 Å². The molecule has 0 fully saturated rings. The first-order chi connectivity index (χ1) is 5.52. The third-order valence-electron chi connectivity index (χ3n) is 1.06. The first kappa shape index (κ1) is 8.63. The van der Waals surface area contributed by atoms with Crippen molar-refractivity contribution in [3.8, 4) is 0 Å². The van der Waals surface area contributed by atoms with Crippen LogP contribution >= 0.6 is 0 Å². The average Bonchev–Trinajstić information content (AvgIpc) is 2.03. The van der Waals surface area contributed by atoms with E-state index in [4.69, 9.17) is 0 Å². The summed E-state index contributed by atoms with van der Waals surface area (Å²) in [6.45, 7) is 0. The lowest BCUT2D eigenvalue weighted by Gasteiger charge is -2.01. The molecule has 3 nitrogen and oxygen atoms in total. The molecule has 0 aromatic carbocycles. The fraction of sp³-hybridized carbons (Fsp3) is 0.167. The molecule has 0 saturated carbocycles. The molecular formula is C6H3F3N2O. The van der Waals surface area contributed by atoms with E-state index in [1.165, 1.54) is 12.3 Å². The van der Waals surface area contributed by atoms with Crippen molar-refractivity contribution in [2.45, 2.75) is 6.18 Å². The zero-order chi connectivity index (χ0) is 9.19. The highest BCUT2D eigenvalue weighted by Gasteiger charge is 2.40. The smallest absolute Gasteiger partial charge is 0.282 e. The van der Waals surface area contributed by atoms with Gasteiger partial charge in [-0.25, -0.2) is 0 Å². The Kier molecular flexibility index (Phi) is 2.07. The number of carbonyl (C=O) groups excluding carboxylic acids is 1. The topological polar surface area (TPSA) is 42.9 Å². The Balaban J connectivity index is 2.94. The summed E-state index contributed by atoms with van der Waals surface area (Å²) in [7, 11) is 0. The molecular weight excluding hydrogens is 173 g/mol. The van der Waals surface area contributed by atoms with Gasteiger partial charge in [-0.3, -0.25) is 4.79 Å². The Hall–Kier alpha value is -1.46. The van der Waals surface area contributed by atoms with Crippen LogP contribution in [-0.2, 0) is 0 Å². The highest BCUT2D eigenvalue weighted by atomic mass is 19.4. The van der Waals surface area contributed by atoms with Crippen LogP contribution in [0.25, 0.3) is 0 Å². The van der Waals surface area contributed by atoms with Gasteiger partial charge in [-0.1, -0.05) is 0 Å². The SMILES string of the molecule is O=C(c1cccnn1)C(F)(F)F. The predicted molar refractivity (Wildman–Crippen MR) is 32.4 cm³/mol. The minimum atomic E-state index is -4.88. The van der Waals surface area contributed by atoms with Gasteiger partial charge in [-0.2, -0.15) is 18.3 Å². The molecule has 0 unspecified atom stereocenters. The maximum atomic E-state index is 11.7. The first-order valence-corrected chi connectivity index (χ1v) is 2.91. The number of hydrogen-bond donors (Lipinski definition) is 0. The maximum absolute atomic E-state index is 11.7. The molecule has 1 heterocycles. The van der Waals surface area contributed by atoms with Crippen LogP contribution in [0.15, 0.2) is 18.3 Å². The van der Waals surface area contributed by atoms with Crippen LogP contribution in [-0.4, -0.2) is 22.2 Å². The van der Waals surface area contributed by atoms with Crippen molar-refractivity contribution in [2.24, 2.45) is 0 Å². The van der Waals surface area contributed by atoms with Crippen LogP contribution in [0.3, 0.4) is 0 Å². The number of alkyl halides is 3. The van der Waals surface area contributed by atoms with E-state index in [2.05, 4.69) is 10.2 Å². The van der Waals surface area contributed by atoms with E-state index in [-0.39, 0.29) is 0 Å². The van der Waals surface area contributed by atoms with Gasteiger partial charge in [0, 0.05) is 6.20 Å². The van der Waals surface area contributed by atoms with E-state index >= 15 is 0 Å². The van der Waals surface area contributed by atoms with Gasteiger partial charge in [0.2, 0.25) is 0 Å². The minimum absolute atomic E-state index is 0.690. The largest absolute Gasteiger partial charge is 0.456 e. The zero-order valence-corrected chi connectivity index (χ0v) is 5.67. The van der Waals surface area contributed by atoms with Crippen molar-refractivity contribution < 1.29 is 18.0 Å². The Morgan fingerprint density at radius 3 is 2.50 bits per heavy atom. The van der Waals surface area contributed by atoms with Crippen LogP contribution in [0, 0.1) is 0 Å². The predicted octanol–water partition coefficient (Wildman–Crippen LogP) is 1.22. The molecule has 64 valence electrons. The molecule has 6 heteroatoms. The van der Waals surface area contributed by atoms with E-state index in [9.17, 15) is 18.0 Å². The van der Waals surface area contributed by atoms with Gasteiger partial charge in [-0.05, 0) is 12.1 Å². The number of aromatic nitrogens is 2. The van der Waals surface area contributed by atoms with Gasteiger partial charge in [0.25, 0.3) is 5.78 Å². The molecule has 12 heavy (non-hydrogen) atoms. The quantitative estimate of drug-likeness (QED) is 0.604. The van der Waals surface area contributed by atoms with Gasteiger partial charge in [-0.15, -0.1) is 5.10 Å². The summed E-state index contributed by atoms with van der Waals surface area (Å²) in [5.41, 5.74) is -0.690. The third-order valence-corrected chi connectivity index (χ3v) is 1.06. The number of nitrogens with zero attached hydrogens (tertiary/aromatic N) is 2. The summed E-state index contributed by atoms with van der Waals surface area (Å²) in [6, 6.07) is 2.18. The summed E-state index contributed by atoms with van der Waals surface area (Å²) in [5.74, 6) is -1.98. The molecule has 0 saturated heterocycles. The Morgan fingerprint density at radius 2 is 2.08 bits per heavy atom. The Bertz CT molecular complexity index is 283. The minimum Gasteiger partial charge on any atom is -0.282 e. The second-order valence-electron chi connectivity index (χ2n) is 1.94. The lowest BCUT2D eigenvalue weighted by atomic mass is 10.2. The van der Waals surface area contributed by atoms with Crippen molar-refractivity contribution in [1.29, 1.82) is 0 Å². The van der Waals surface area contributed by atoms with E-state index < -0.39 is 17.7 Å². The number of ketones is 1. The van der Waals surface area contributed by atoms with Crippen LogP contribution in [0.5, 0.6) is 0 Å². The van der Waals surface area contributed by atoms with Crippen LogP contribution in [0.1, 0.15) is 10.5 Å². The molecule has 1 aromatic rings.